The van der Waals surface area contributed by atoms with Gasteiger partial charge in [-0.25, -0.2) is 4.68 Å². The van der Waals surface area contributed by atoms with E-state index in [1.54, 1.807) is 6.20 Å². The van der Waals surface area contributed by atoms with Crippen molar-refractivity contribution in [3.05, 3.63) is 109 Å². The average Bonchev–Trinajstić information content (AvgIpc) is 3.56. The van der Waals surface area contributed by atoms with Crippen LogP contribution in [0.25, 0.3) is 5.70 Å². The van der Waals surface area contributed by atoms with Crippen molar-refractivity contribution in [3.8, 4) is 5.75 Å². The molecule has 2 unspecified atom stereocenters. The summed E-state index contributed by atoms with van der Waals surface area (Å²) in [4.78, 5) is 7.05. The lowest BCUT2D eigenvalue weighted by Crippen LogP contribution is -2.46. The van der Waals surface area contributed by atoms with Crippen molar-refractivity contribution in [2.24, 2.45) is 0 Å². The van der Waals surface area contributed by atoms with Gasteiger partial charge in [0.2, 0.25) is 0 Å². The maximum absolute atomic E-state index is 6.42. The van der Waals surface area contributed by atoms with Crippen LogP contribution in [0.3, 0.4) is 0 Å². The number of benzene rings is 3. The van der Waals surface area contributed by atoms with E-state index in [9.17, 15) is 0 Å². The molecule has 0 radical (unpaired) electrons. The Labute approximate surface area is 204 Å². The lowest BCUT2D eigenvalue weighted by molar-refractivity contribution is 0.218. The molecule has 3 heterocycles. The van der Waals surface area contributed by atoms with E-state index in [0.717, 1.165) is 29.5 Å². The number of hydrogen-bond acceptors (Lipinski definition) is 5. The Morgan fingerprint density at radius 2 is 1.66 bits per heavy atom. The second-order valence-electron chi connectivity index (χ2n) is 9.09. The molecule has 3 aromatic carbocycles. The van der Waals surface area contributed by atoms with Crippen LogP contribution in [-0.2, 0) is 0 Å². The Hall–Kier alpha value is -4.45. The fourth-order valence-electron chi connectivity index (χ4n) is 5.32. The second-order valence-corrected chi connectivity index (χ2v) is 9.09. The molecule has 2 aliphatic heterocycles. The van der Waals surface area contributed by atoms with E-state index in [1.807, 2.05) is 23.0 Å². The summed E-state index contributed by atoms with van der Waals surface area (Å²) in [6.45, 7) is 0.820. The Morgan fingerprint density at radius 3 is 2.51 bits per heavy atom. The predicted octanol–water partition coefficient (Wildman–Crippen LogP) is 5.81. The average molecular weight is 460 g/mol. The number of allylic oxidation sites excluding steroid dienone is 2. The van der Waals surface area contributed by atoms with E-state index in [2.05, 4.69) is 112 Å². The first kappa shape index (κ1) is 20.0. The molecule has 2 atom stereocenters. The Kier molecular flexibility index (Phi) is 4.45. The number of anilines is 5. The monoisotopic (exact) mass is 459 g/mol. The molecule has 0 fully saturated rings. The highest BCUT2D eigenvalue weighted by Gasteiger charge is 2.36. The summed E-state index contributed by atoms with van der Waals surface area (Å²) >= 11 is 0. The molecule has 4 aromatic rings. The van der Waals surface area contributed by atoms with Gasteiger partial charge in [0.1, 0.15) is 11.9 Å². The standard InChI is InChI=1S/C29H25N5O/c1-31-20-32(25-11-3-2-10-24(25)31)21-8-6-9-23(18-21)34-26-12-4-5-13-28(26)35-29-15-14-22(19-27(29)34)33-17-7-16-30-33/h2-19,27,29H,20H2,1H3. The third kappa shape index (κ3) is 3.21. The van der Waals surface area contributed by atoms with E-state index < -0.39 is 0 Å². The highest BCUT2D eigenvalue weighted by molar-refractivity contribution is 5.84. The fraction of sp³-hybridized carbons (Fsp3) is 0.138. The summed E-state index contributed by atoms with van der Waals surface area (Å²) in [5, 5.41) is 4.44. The van der Waals surface area contributed by atoms with Gasteiger partial charge < -0.3 is 19.4 Å². The molecule has 0 amide bonds. The van der Waals surface area contributed by atoms with E-state index in [1.165, 1.54) is 17.1 Å². The molecule has 0 spiro atoms. The summed E-state index contributed by atoms with van der Waals surface area (Å²) in [6.07, 6.45) is 10.2. The third-order valence-corrected chi connectivity index (χ3v) is 6.95. The van der Waals surface area contributed by atoms with Crippen LogP contribution in [0.1, 0.15) is 0 Å². The molecule has 0 bridgehead atoms. The molecule has 7 rings (SSSR count). The van der Waals surface area contributed by atoms with Gasteiger partial charge >= 0.3 is 0 Å². The van der Waals surface area contributed by atoms with Crippen LogP contribution in [0.4, 0.5) is 28.4 Å². The molecule has 6 heteroatoms. The van der Waals surface area contributed by atoms with Crippen molar-refractivity contribution < 1.29 is 4.74 Å². The Bertz CT molecular complexity index is 1460. The minimum Gasteiger partial charge on any atom is -0.482 e. The van der Waals surface area contributed by atoms with E-state index in [4.69, 9.17) is 4.74 Å². The van der Waals surface area contributed by atoms with Crippen molar-refractivity contribution in [2.75, 3.05) is 28.4 Å². The largest absolute Gasteiger partial charge is 0.482 e. The van der Waals surface area contributed by atoms with Gasteiger partial charge in [-0.2, -0.15) is 5.10 Å². The zero-order valence-corrected chi connectivity index (χ0v) is 19.4. The lowest BCUT2D eigenvalue weighted by atomic mass is 9.97. The highest BCUT2D eigenvalue weighted by atomic mass is 16.5. The minimum atomic E-state index is -0.0912. The number of aromatic nitrogens is 2. The van der Waals surface area contributed by atoms with Crippen LogP contribution in [0.2, 0.25) is 0 Å². The van der Waals surface area contributed by atoms with Gasteiger partial charge in [0.25, 0.3) is 0 Å². The van der Waals surface area contributed by atoms with E-state index in [0.29, 0.717) is 0 Å². The number of para-hydroxylation sites is 4. The summed E-state index contributed by atoms with van der Waals surface area (Å²) < 4.78 is 8.33. The van der Waals surface area contributed by atoms with Crippen LogP contribution < -0.4 is 19.4 Å². The van der Waals surface area contributed by atoms with Gasteiger partial charge in [0.05, 0.1) is 35.5 Å². The molecule has 172 valence electrons. The Morgan fingerprint density at radius 1 is 0.857 bits per heavy atom. The van der Waals surface area contributed by atoms with E-state index >= 15 is 0 Å². The van der Waals surface area contributed by atoms with Crippen LogP contribution in [0, 0.1) is 0 Å². The van der Waals surface area contributed by atoms with Crippen LogP contribution >= 0.6 is 0 Å². The number of nitrogens with zero attached hydrogens (tertiary/aromatic N) is 5. The van der Waals surface area contributed by atoms with Gasteiger partial charge in [-0.05, 0) is 66.8 Å². The van der Waals surface area contributed by atoms with Gasteiger partial charge in [0.15, 0.2) is 0 Å². The normalized spacial score (nSPS) is 20.1. The SMILES string of the molecule is CN1CN(c2cccc(N3c4ccccc4OC4C=CC(n5cccn5)=CC43)c2)c2ccccc21. The number of ether oxygens (including phenoxy) is 1. The molecule has 0 saturated carbocycles. The first-order valence-electron chi connectivity index (χ1n) is 11.9. The van der Waals surface area contributed by atoms with Gasteiger partial charge in [-0.15, -0.1) is 0 Å². The smallest absolute Gasteiger partial charge is 0.144 e. The molecule has 0 saturated heterocycles. The fourth-order valence-corrected chi connectivity index (χ4v) is 5.32. The number of rotatable bonds is 3. The number of hydrogen-bond donors (Lipinski definition) is 0. The van der Waals surface area contributed by atoms with Crippen LogP contribution in [-0.4, -0.2) is 35.6 Å². The molecule has 6 nitrogen and oxygen atoms in total. The maximum atomic E-state index is 6.42. The molecule has 3 aliphatic rings. The maximum Gasteiger partial charge on any atom is 0.144 e. The highest BCUT2D eigenvalue weighted by Crippen LogP contribution is 2.45. The number of fused-ring (bicyclic) bond motifs is 3. The van der Waals surface area contributed by atoms with Crippen molar-refractivity contribution in [1.29, 1.82) is 0 Å². The summed E-state index contributed by atoms with van der Waals surface area (Å²) in [6, 6.07) is 27.6. The van der Waals surface area contributed by atoms with Crippen molar-refractivity contribution in [1.82, 2.24) is 9.78 Å². The molecular weight excluding hydrogens is 434 g/mol. The molecular formula is C29H25N5O. The van der Waals surface area contributed by atoms with Crippen LogP contribution in [0.15, 0.2) is 109 Å². The van der Waals surface area contributed by atoms with Crippen molar-refractivity contribution >= 4 is 34.1 Å². The second kappa shape index (κ2) is 7.81. The summed E-state index contributed by atoms with van der Waals surface area (Å²) in [5.41, 5.74) is 6.88. The predicted molar refractivity (Wildman–Crippen MR) is 141 cm³/mol. The Balaban J connectivity index is 1.34. The van der Waals surface area contributed by atoms with Crippen molar-refractivity contribution in [2.45, 2.75) is 12.1 Å². The quantitative estimate of drug-likeness (QED) is 0.387. The van der Waals surface area contributed by atoms with Gasteiger partial charge in [-0.1, -0.05) is 30.3 Å². The van der Waals surface area contributed by atoms with Crippen molar-refractivity contribution in [3.63, 3.8) is 0 Å². The lowest BCUT2D eigenvalue weighted by Gasteiger charge is -2.43. The van der Waals surface area contributed by atoms with Gasteiger partial charge in [-0.3, -0.25) is 0 Å². The molecule has 1 aromatic heterocycles. The molecule has 0 N–H and O–H groups in total. The van der Waals surface area contributed by atoms with Gasteiger partial charge in [0, 0.05) is 30.8 Å². The zero-order valence-electron chi connectivity index (χ0n) is 19.4. The van der Waals surface area contributed by atoms with E-state index in [-0.39, 0.29) is 12.1 Å². The third-order valence-electron chi connectivity index (χ3n) is 6.95. The zero-order chi connectivity index (χ0) is 23.4. The molecule has 35 heavy (non-hydrogen) atoms. The summed E-state index contributed by atoms with van der Waals surface area (Å²) in [7, 11) is 2.14. The first-order valence-corrected chi connectivity index (χ1v) is 11.9. The minimum absolute atomic E-state index is 0.00196. The van der Waals surface area contributed by atoms with Crippen LogP contribution in [0.5, 0.6) is 5.75 Å². The summed E-state index contributed by atoms with van der Waals surface area (Å²) in [5.74, 6) is 0.894. The molecule has 1 aliphatic carbocycles. The topological polar surface area (TPSA) is 36.8 Å². The first-order chi connectivity index (χ1) is 17.3.